The van der Waals surface area contributed by atoms with Gasteiger partial charge in [0.05, 0.1) is 6.54 Å². The molecule has 1 aromatic rings. The standard InChI is InChI=1S/C11H13BrN2O/c1-9(12)7-14-11(15)8-13-10-5-3-2-4-6-10/h2-6,13H,1,7-8H2,(H,14,15). The molecule has 1 rings (SSSR count). The second kappa shape index (κ2) is 6.24. The summed E-state index contributed by atoms with van der Waals surface area (Å²) in [6, 6.07) is 9.59. The SMILES string of the molecule is C=C(Br)CNC(=O)CNc1ccccc1. The van der Waals surface area contributed by atoms with E-state index in [1.54, 1.807) is 0 Å². The molecule has 0 aromatic heterocycles. The Morgan fingerprint density at radius 2 is 1.93 bits per heavy atom. The minimum atomic E-state index is -0.0561. The Kier molecular flexibility index (Phi) is 4.90. The van der Waals surface area contributed by atoms with E-state index in [1.165, 1.54) is 0 Å². The smallest absolute Gasteiger partial charge is 0.239 e. The van der Waals surface area contributed by atoms with Gasteiger partial charge in [-0.05, 0) is 12.1 Å². The number of rotatable bonds is 5. The van der Waals surface area contributed by atoms with Gasteiger partial charge >= 0.3 is 0 Å². The maximum atomic E-state index is 11.3. The van der Waals surface area contributed by atoms with Crippen LogP contribution in [0, 0.1) is 0 Å². The normalized spacial score (nSPS) is 9.40. The Hall–Kier alpha value is -1.29. The molecule has 1 amide bonds. The first-order valence-electron chi connectivity index (χ1n) is 4.57. The second-order valence-electron chi connectivity index (χ2n) is 3.01. The van der Waals surface area contributed by atoms with Gasteiger partial charge in [-0.25, -0.2) is 0 Å². The monoisotopic (exact) mass is 268 g/mol. The van der Waals surface area contributed by atoms with E-state index >= 15 is 0 Å². The summed E-state index contributed by atoms with van der Waals surface area (Å²) in [5, 5.41) is 5.72. The van der Waals surface area contributed by atoms with Gasteiger partial charge in [-0.1, -0.05) is 40.7 Å². The van der Waals surface area contributed by atoms with E-state index in [0.29, 0.717) is 6.54 Å². The van der Waals surface area contributed by atoms with Crippen LogP contribution in [0.2, 0.25) is 0 Å². The molecule has 0 aliphatic carbocycles. The largest absolute Gasteiger partial charge is 0.376 e. The molecule has 0 saturated heterocycles. The minimum absolute atomic E-state index is 0.0561. The molecule has 0 spiro atoms. The highest BCUT2D eigenvalue weighted by atomic mass is 79.9. The molecule has 80 valence electrons. The Labute approximate surface area is 97.7 Å². The van der Waals surface area contributed by atoms with Crippen LogP contribution in [-0.4, -0.2) is 19.0 Å². The van der Waals surface area contributed by atoms with Crippen LogP contribution in [0.25, 0.3) is 0 Å². The van der Waals surface area contributed by atoms with Gasteiger partial charge in [-0.3, -0.25) is 4.79 Å². The zero-order valence-corrected chi connectivity index (χ0v) is 9.88. The quantitative estimate of drug-likeness (QED) is 0.859. The molecular weight excluding hydrogens is 256 g/mol. The molecule has 0 bridgehead atoms. The fourth-order valence-electron chi connectivity index (χ4n) is 0.995. The van der Waals surface area contributed by atoms with Gasteiger partial charge in [0.1, 0.15) is 0 Å². The average Bonchev–Trinajstić information content (AvgIpc) is 2.25. The molecule has 0 fully saturated rings. The van der Waals surface area contributed by atoms with Crippen LogP contribution >= 0.6 is 15.9 Å². The summed E-state index contributed by atoms with van der Waals surface area (Å²) < 4.78 is 0.760. The lowest BCUT2D eigenvalue weighted by atomic mass is 10.3. The van der Waals surface area contributed by atoms with Gasteiger partial charge in [-0.2, -0.15) is 0 Å². The van der Waals surface area contributed by atoms with Crippen molar-refractivity contribution in [1.82, 2.24) is 5.32 Å². The minimum Gasteiger partial charge on any atom is -0.376 e. The maximum Gasteiger partial charge on any atom is 0.239 e. The van der Waals surface area contributed by atoms with Gasteiger partial charge in [0.25, 0.3) is 0 Å². The lowest BCUT2D eigenvalue weighted by molar-refractivity contribution is -0.119. The molecular formula is C11H13BrN2O. The summed E-state index contributed by atoms with van der Waals surface area (Å²) in [5.74, 6) is -0.0561. The predicted octanol–water partition coefficient (Wildman–Crippen LogP) is 2.12. The highest BCUT2D eigenvalue weighted by molar-refractivity contribution is 9.11. The molecule has 0 saturated carbocycles. The van der Waals surface area contributed by atoms with E-state index in [2.05, 4.69) is 33.1 Å². The molecule has 0 radical (unpaired) electrons. The number of halogens is 1. The van der Waals surface area contributed by atoms with Crippen molar-refractivity contribution in [3.8, 4) is 0 Å². The van der Waals surface area contributed by atoms with Crippen LogP contribution in [0.1, 0.15) is 0 Å². The molecule has 1 aromatic carbocycles. The molecule has 0 unspecified atom stereocenters. The van der Waals surface area contributed by atoms with Crippen molar-refractivity contribution in [1.29, 1.82) is 0 Å². The number of hydrogen-bond acceptors (Lipinski definition) is 2. The Bertz CT molecular complexity index is 338. The third-order valence-electron chi connectivity index (χ3n) is 1.70. The van der Waals surface area contributed by atoms with Crippen molar-refractivity contribution in [3.63, 3.8) is 0 Å². The van der Waals surface area contributed by atoms with E-state index in [9.17, 15) is 4.79 Å². The summed E-state index contributed by atoms with van der Waals surface area (Å²) in [6.45, 7) is 4.35. The van der Waals surface area contributed by atoms with E-state index in [4.69, 9.17) is 0 Å². The van der Waals surface area contributed by atoms with Crippen LogP contribution < -0.4 is 10.6 Å². The van der Waals surface area contributed by atoms with Gasteiger partial charge in [0.2, 0.25) is 5.91 Å². The predicted molar refractivity (Wildman–Crippen MR) is 66.0 cm³/mol. The number of carbonyl (C=O) groups is 1. The molecule has 0 aliphatic rings. The molecule has 0 heterocycles. The number of hydrogen-bond donors (Lipinski definition) is 2. The Morgan fingerprint density at radius 3 is 2.53 bits per heavy atom. The van der Waals surface area contributed by atoms with Crippen LogP contribution in [0.4, 0.5) is 5.69 Å². The molecule has 15 heavy (non-hydrogen) atoms. The van der Waals surface area contributed by atoms with Crippen molar-refractivity contribution in [2.75, 3.05) is 18.4 Å². The van der Waals surface area contributed by atoms with Crippen molar-refractivity contribution >= 4 is 27.5 Å². The maximum absolute atomic E-state index is 11.3. The summed E-state index contributed by atoms with van der Waals surface area (Å²) in [4.78, 5) is 11.3. The first-order valence-corrected chi connectivity index (χ1v) is 5.36. The zero-order chi connectivity index (χ0) is 11.1. The van der Waals surface area contributed by atoms with Gasteiger partial charge < -0.3 is 10.6 Å². The van der Waals surface area contributed by atoms with Gasteiger partial charge in [-0.15, -0.1) is 0 Å². The zero-order valence-electron chi connectivity index (χ0n) is 8.29. The first kappa shape index (κ1) is 11.8. The fourth-order valence-corrected chi connectivity index (χ4v) is 1.14. The molecule has 3 nitrogen and oxygen atoms in total. The number of nitrogens with one attached hydrogen (secondary N) is 2. The van der Waals surface area contributed by atoms with Gasteiger partial charge in [0, 0.05) is 16.7 Å². The van der Waals surface area contributed by atoms with Crippen LogP contribution in [-0.2, 0) is 4.79 Å². The number of amides is 1. The molecule has 4 heteroatoms. The lowest BCUT2D eigenvalue weighted by Gasteiger charge is -2.06. The summed E-state index contributed by atoms with van der Waals surface area (Å²) in [7, 11) is 0. The average molecular weight is 269 g/mol. The van der Waals surface area contributed by atoms with Crippen molar-refractivity contribution in [3.05, 3.63) is 41.4 Å². The third-order valence-corrected chi connectivity index (χ3v) is 1.98. The van der Waals surface area contributed by atoms with E-state index in [-0.39, 0.29) is 12.5 Å². The van der Waals surface area contributed by atoms with Gasteiger partial charge in [0.15, 0.2) is 0 Å². The Balaban J connectivity index is 2.26. The van der Waals surface area contributed by atoms with E-state index in [1.807, 2.05) is 30.3 Å². The second-order valence-corrected chi connectivity index (χ2v) is 4.14. The van der Waals surface area contributed by atoms with E-state index < -0.39 is 0 Å². The van der Waals surface area contributed by atoms with Crippen molar-refractivity contribution in [2.24, 2.45) is 0 Å². The van der Waals surface area contributed by atoms with Crippen LogP contribution in [0.3, 0.4) is 0 Å². The summed E-state index contributed by atoms with van der Waals surface area (Å²) >= 11 is 3.17. The number of benzene rings is 1. The lowest BCUT2D eigenvalue weighted by Crippen LogP contribution is -2.30. The third kappa shape index (κ3) is 5.22. The number of para-hydroxylation sites is 1. The van der Waals surface area contributed by atoms with E-state index in [0.717, 1.165) is 10.2 Å². The summed E-state index contributed by atoms with van der Waals surface area (Å²) in [6.07, 6.45) is 0. The number of anilines is 1. The number of carbonyl (C=O) groups excluding carboxylic acids is 1. The van der Waals surface area contributed by atoms with Crippen molar-refractivity contribution < 1.29 is 4.79 Å². The first-order chi connectivity index (χ1) is 7.18. The highest BCUT2D eigenvalue weighted by Gasteiger charge is 1.99. The molecule has 0 aliphatic heterocycles. The molecule has 2 N–H and O–H groups in total. The van der Waals surface area contributed by atoms with Crippen LogP contribution in [0.5, 0.6) is 0 Å². The molecule has 0 atom stereocenters. The summed E-state index contributed by atoms with van der Waals surface area (Å²) in [5.41, 5.74) is 0.935. The topological polar surface area (TPSA) is 41.1 Å². The van der Waals surface area contributed by atoms with Crippen molar-refractivity contribution in [2.45, 2.75) is 0 Å². The fraction of sp³-hybridized carbons (Fsp3) is 0.182. The Morgan fingerprint density at radius 1 is 1.27 bits per heavy atom. The highest BCUT2D eigenvalue weighted by Crippen LogP contribution is 2.03. The van der Waals surface area contributed by atoms with Crippen LogP contribution in [0.15, 0.2) is 41.4 Å².